The number of sulfonamides is 1. The molecule has 1 saturated heterocycles. The predicted molar refractivity (Wildman–Crippen MR) is 115 cm³/mol. The Morgan fingerprint density at radius 1 is 1.04 bits per heavy atom. The lowest BCUT2D eigenvalue weighted by atomic mass is 10.1. The van der Waals surface area contributed by atoms with Gasteiger partial charge >= 0.3 is 0 Å². The predicted octanol–water partition coefficient (Wildman–Crippen LogP) is 3.96. The summed E-state index contributed by atoms with van der Waals surface area (Å²) in [7, 11) is -3.42. The summed E-state index contributed by atoms with van der Waals surface area (Å²) in [6.07, 6.45) is 1.82. The molecule has 2 aromatic rings. The van der Waals surface area contributed by atoms with Crippen LogP contribution < -0.4 is 5.32 Å². The molecule has 1 aliphatic rings. The van der Waals surface area contributed by atoms with Crippen LogP contribution in [-0.2, 0) is 20.6 Å². The molecule has 150 valence electrons. The van der Waals surface area contributed by atoms with Gasteiger partial charge in [-0.2, -0.15) is 4.31 Å². The molecule has 1 amide bonds. The number of anilines is 1. The minimum Gasteiger partial charge on any atom is -0.325 e. The van der Waals surface area contributed by atoms with E-state index in [4.69, 9.17) is 0 Å². The molecule has 28 heavy (non-hydrogen) atoms. The van der Waals surface area contributed by atoms with Crippen LogP contribution in [0.2, 0.25) is 0 Å². The number of hydrogen-bond acceptors (Lipinski definition) is 4. The van der Waals surface area contributed by atoms with Crippen molar-refractivity contribution in [2.45, 2.75) is 37.3 Å². The number of thioether (sulfide) groups is 1. The van der Waals surface area contributed by atoms with Crippen molar-refractivity contribution in [3.8, 4) is 0 Å². The summed E-state index contributed by atoms with van der Waals surface area (Å²) in [6.45, 7) is 5.31. The molecule has 5 nitrogen and oxygen atoms in total. The third-order valence-corrected chi connectivity index (χ3v) is 7.54. The third-order valence-electron chi connectivity index (χ3n) is 4.62. The smallest absolute Gasteiger partial charge is 0.243 e. The summed E-state index contributed by atoms with van der Waals surface area (Å²) < 4.78 is 26.6. The van der Waals surface area contributed by atoms with E-state index in [1.54, 1.807) is 36.0 Å². The van der Waals surface area contributed by atoms with Gasteiger partial charge in [-0.1, -0.05) is 29.3 Å². The van der Waals surface area contributed by atoms with Crippen LogP contribution in [0.25, 0.3) is 0 Å². The minimum absolute atomic E-state index is 0.0930. The first-order valence-electron chi connectivity index (χ1n) is 9.39. The molecule has 0 aromatic heterocycles. The van der Waals surface area contributed by atoms with Crippen molar-refractivity contribution in [1.29, 1.82) is 0 Å². The fourth-order valence-electron chi connectivity index (χ4n) is 3.40. The van der Waals surface area contributed by atoms with E-state index in [0.29, 0.717) is 24.5 Å². The molecular formula is C21H26N2O3S2. The average molecular weight is 419 g/mol. The van der Waals surface area contributed by atoms with Crippen molar-refractivity contribution < 1.29 is 13.2 Å². The largest absolute Gasteiger partial charge is 0.325 e. The summed E-state index contributed by atoms with van der Waals surface area (Å²) in [4.78, 5) is 12.4. The summed E-state index contributed by atoms with van der Waals surface area (Å²) >= 11 is 1.56. The fraction of sp³-hybridized carbons (Fsp3) is 0.381. The highest BCUT2D eigenvalue weighted by molar-refractivity contribution is 7.99. The standard InChI is InChI=1S/C21H26N2O3S2/c1-16-11-17(2)13-18(12-16)14-27-15-21(24)22-19-5-7-20(8-6-19)28(25,26)23-9-3-4-10-23/h5-8,11-13H,3-4,9-10,14-15H2,1-2H3,(H,22,24). The monoisotopic (exact) mass is 418 g/mol. The Bertz CT molecular complexity index is 914. The zero-order chi connectivity index (χ0) is 20.1. The van der Waals surface area contributed by atoms with Crippen molar-refractivity contribution in [3.63, 3.8) is 0 Å². The maximum Gasteiger partial charge on any atom is 0.243 e. The van der Waals surface area contributed by atoms with Gasteiger partial charge in [-0.25, -0.2) is 8.42 Å². The molecule has 1 N–H and O–H groups in total. The highest BCUT2D eigenvalue weighted by Gasteiger charge is 2.26. The van der Waals surface area contributed by atoms with E-state index in [1.807, 2.05) is 0 Å². The molecule has 0 unspecified atom stereocenters. The summed E-state index contributed by atoms with van der Waals surface area (Å²) in [5.74, 6) is 1.04. The molecule has 7 heteroatoms. The molecule has 1 heterocycles. The lowest BCUT2D eigenvalue weighted by molar-refractivity contribution is -0.113. The lowest BCUT2D eigenvalue weighted by Crippen LogP contribution is -2.27. The number of carbonyl (C=O) groups is 1. The Labute approximate surface area is 171 Å². The number of nitrogens with one attached hydrogen (secondary N) is 1. The van der Waals surface area contributed by atoms with Gasteiger partial charge < -0.3 is 5.32 Å². The number of hydrogen-bond donors (Lipinski definition) is 1. The first kappa shape index (κ1) is 20.9. The van der Waals surface area contributed by atoms with Gasteiger partial charge in [0.2, 0.25) is 15.9 Å². The highest BCUT2D eigenvalue weighted by Crippen LogP contribution is 2.22. The molecule has 0 saturated carbocycles. The van der Waals surface area contributed by atoms with Crippen LogP contribution in [0.3, 0.4) is 0 Å². The minimum atomic E-state index is -3.42. The van der Waals surface area contributed by atoms with Crippen LogP contribution in [-0.4, -0.2) is 37.5 Å². The van der Waals surface area contributed by atoms with Crippen LogP contribution in [0, 0.1) is 13.8 Å². The maximum absolute atomic E-state index is 12.5. The topological polar surface area (TPSA) is 66.5 Å². The molecule has 0 radical (unpaired) electrons. The van der Waals surface area contributed by atoms with Crippen LogP contribution in [0.5, 0.6) is 0 Å². The second-order valence-electron chi connectivity index (χ2n) is 7.17. The van der Waals surface area contributed by atoms with Gasteiger partial charge in [0.25, 0.3) is 0 Å². The Hall–Kier alpha value is -1.83. The van der Waals surface area contributed by atoms with Crippen molar-refractivity contribution in [2.75, 3.05) is 24.2 Å². The first-order valence-corrected chi connectivity index (χ1v) is 12.0. The van der Waals surface area contributed by atoms with Gasteiger partial charge in [-0.05, 0) is 56.5 Å². The molecule has 1 fully saturated rings. The Morgan fingerprint density at radius 2 is 1.64 bits per heavy atom. The van der Waals surface area contributed by atoms with E-state index in [2.05, 4.69) is 37.4 Å². The number of benzene rings is 2. The SMILES string of the molecule is Cc1cc(C)cc(CSCC(=O)Nc2ccc(S(=O)(=O)N3CCCC3)cc2)c1. The number of aryl methyl sites for hydroxylation is 2. The van der Waals surface area contributed by atoms with E-state index < -0.39 is 10.0 Å². The van der Waals surface area contributed by atoms with Crippen LogP contribution in [0.4, 0.5) is 5.69 Å². The van der Waals surface area contributed by atoms with Gasteiger partial charge in [0, 0.05) is 24.5 Å². The molecule has 2 aromatic carbocycles. The van der Waals surface area contributed by atoms with Crippen molar-refractivity contribution in [1.82, 2.24) is 4.31 Å². The highest BCUT2D eigenvalue weighted by atomic mass is 32.2. The molecule has 0 bridgehead atoms. The van der Waals surface area contributed by atoms with Crippen molar-refractivity contribution >= 4 is 33.4 Å². The Kier molecular flexibility index (Phi) is 6.80. The van der Waals surface area contributed by atoms with E-state index in [-0.39, 0.29) is 10.8 Å². The average Bonchev–Trinajstić information content (AvgIpc) is 3.17. The van der Waals surface area contributed by atoms with Gasteiger partial charge in [0.15, 0.2) is 0 Å². The van der Waals surface area contributed by atoms with Crippen molar-refractivity contribution in [2.24, 2.45) is 0 Å². The van der Waals surface area contributed by atoms with Gasteiger partial charge in [-0.3, -0.25) is 4.79 Å². The number of carbonyl (C=O) groups excluding carboxylic acids is 1. The molecule has 0 atom stereocenters. The van der Waals surface area contributed by atoms with E-state index in [9.17, 15) is 13.2 Å². The molecule has 3 rings (SSSR count). The molecule has 0 spiro atoms. The molecule has 1 aliphatic heterocycles. The maximum atomic E-state index is 12.5. The first-order chi connectivity index (χ1) is 13.3. The van der Waals surface area contributed by atoms with Crippen LogP contribution in [0.1, 0.15) is 29.5 Å². The van der Waals surface area contributed by atoms with Crippen LogP contribution >= 0.6 is 11.8 Å². The van der Waals surface area contributed by atoms with Crippen molar-refractivity contribution in [3.05, 3.63) is 59.2 Å². The second-order valence-corrected chi connectivity index (χ2v) is 10.1. The molecule has 0 aliphatic carbocycles. The quantitative estimate of drug-likeness (QED) is 0.739. The number of rotatable bonds is 7. The summed E-state index contributed by atoms with van der Waals surface area (Å²) in [5.41, 5.74) is 4.28. The molecular weight excluding hydrogens is 392 g/mol. The van der Waals surface area contributed by atoms with E-state index in [1.165, 1.54) is 21.0 Å². The normalized spacial score (nSPS) is 14.9. The van der Waals surface area contributed by atoms with Crippen LogP contribution in [0.15, 0.2) is 47.4 Å². The zero-order valence-corrected chi connectivity index (χ0v) is 17.9. The van der Waals surface area contributed by atoms with E-state index >= 15 is 0 Å². The van der Waals surface area contributed by atoms with Gasteiger partial charge in [0.05, 0.1) is 10.6 Å². The van der Waals surface area contributed by atoms with Gasteiger partial charge in [-0.15, -0.1) is 11.8 Å². The fourth-order valence-corrected chi connectivity index (χ4v) is 5.68. The second kappa shape index (κ2) is 9.11. The van der Waals surface area contributed by atoms with Gasteiger partial charge in [0.1, 0.15) is 0 Å². The number of amides is 1. The van der Waals surface area contributed by atoms with E-state index in [0.717, 1.165) is 18.6 Å². The number of nitrogens with zero attached hydrogens (tertiary/aromatic N) is 1. The zero-order valence-electron chi connectivity index (χ0n) is 16.3. The lowest BCUT2D eigenvalue weighted by Gasteiger charge is -2.15. The summed E-state index contributed by atoms with van der Waals surface area (Å²) in [6, 6.07) is 12.8. The summed E-state index contributed by atoms with van der Waals surface area (Å²) in [5, 5.41) is 2.83. The Morgan fingerprint density at radius 3 is 2.25 bits per heavy atom. The Balaban J connectivity index is 1.51. The third kappa shape index (κ3) is 5.37.